The number of aryl methyl sites for hydroxylation is 2. The van der Waals surface area contributed by atoms with Crippen LogP contribution in [0.3, 0.4) is 0 Å². The molecule has 6 nitrogen and oxygen atoms in total. The van der Waals surface area contributed by atoms with Crippen molar-refractivity contribution in [2.24, 2.45) is 0 Å². The summed E-state index contributed by atoms with van der Waals surface area (Å²) in [4.78, 5) is 24.0. The van der Waals surface area contributed by atoms with Gasteiger partial charge in [0.15, 0.2) is 6.61 Å². The molecule has 7 heteroatoms. The first-order valence-electron chi connectivity index (χ1n) is 8.55. The zero-order chi connectivity index (χ0) is 20.1. The summed E-state index contributed by atoms with van der Waals surface area (Å²) in [6.45, 7) is 3.39. The quantitative estimate of drug-likeness (QED) is 0.452. The zero-order valence-corrected chi connectivity index (χ0v) is 15.4. The molecule has 2 aromatic carbocycles. The highest BCUT2D eigenvalue weighted by molar-refractivity contribution is 5.99. The number of ether oxygens (including phenoxy) is 2. The standard InChI is InChI=1S/C21H18FNO5/c1-13-18(14(2)28-23-13)11-26-16-9-7-15(8-10-16)21(25)27-12-20(24)17-5-3-4-6-19(17)22/h3-10H,11-12H2,1-2H3. The number of hydrogen-bond acceptors (Lipinski definition) is 6. The summed E-state index contributed by atoms with van der Waals surface area (Å²) in [5.74, 6) is -0.688. The smallest absolute Gasteiger partial charge is 0.338 e. The van der Waals surface area contributed by atoms with Gasteiger partial charge in [-0.2, -0.15) is 0 Å². The minimum Gasteiger partial charge on any atom is -0.489 e. The van der Waals surface area contributed by atoms with E-state index < -0.39 is 24.2 Å². The second-order valence-corrected chi connectivity index (χ2v) is 6.09. The first-order chi connectivity index (χ1) is 13.5. The van der Waals surface area contributed by atoms with Crippen LogP contribution in [0.1, 0.15) is 37.7 Å². The molecule has 0 atom stereocenters. The predicted octanol–water partition coefficient (Wildman–Crippen LogP) is 4.05. The Labute approximate surface area is 160 Å². The number of Topliss-reactive ketones (excluding diaryl/α,β-unsaturated/α-hetero) is 1. The molecule has 3 aromatic rings. The third-order valence-electron chi connectivity index (χ3n) is 4.16. The summed E-state index contributed by atoms with van der Waals surface area (Å²) in [7, 11) is 0. The average Bonchev–Trinajstić information content (AvgIpc) is 3.02. The van der Waals surface area contributed by atoms with Crippen LogP contribution in [0.5, 0.6) is 5.75 Å². The van der Waals surface area contributed by atoms with Gasteiger partial charge in [-0.15, -0.1) is 0 Å². The number of rotatable bonds is 7. The van der Waals surface area contributed by atoms with Crippen molar-refractivity contribution < 1.29 is 28.0 Å². The van der Waals surface area contributed by atoms with Gasteiger partial charge in [-0.25, -0.2) is 9.18 Å². The largest absolute Gasteiger partial charge is 0.489 e. The van der Waals surface area contributed by atoms with Crippen LogP contribution < -0.4 is 4.74 Å². The molecule has 0 aliphatic heterocycles. The molecular formula is C21H18FNO5. The van der Waals surface area contributed by atoms with E-state index in [4.69, 9.17) is 14.0 Å². The first-order valence-corrected chi connectivity index (χ1v) is 8.55. The maximum atomic E-state index is 13.6. The molecule has 0 bridgehead atoms. The van der Waals surface area contributed by atoms with E-state index in [0.29, 0.717) is 18.1 Å². The molecule has 0 N–H and O–H groups in total. The van der Waals surface area contributed by atoms with E-state index in [1.807, 2.05) is 6.92 Å². The summed E-state index contributed by atoms with van der Waals surface area (Å²) in [6.07, 6.45) is 0. The van der Waals surface area contributed by atoms with Gasteiger partial charge in [0.2, 0.25) is 5.78 Å². The first kappa shape index (κ1) is 19.3. The molecule has 0 fully saturated rings. The van der Waals surface area contributed by atoms with Gasteiger partial charge >= 0.3 is 5.97 Å². The SMILES string of the molecule is Cc1noc(C)c1COc1ccc(C(=O)OCC(=O)c2ccccc2F)cc1. The number of benzene rings is 2. The molecule has 0 saturated heterocycles. The number of ketones is 1. The van der Waals surface area contributed by atoms with Crippen molar-refractivity contribution in [3.8, 4) is 5.75 Å². The number of halogens is 1. The molecule has 1 aromatic heterocycles. The normalized spacial score (nSPS) is 10.5. The van der Waals surface area contributed by atoms with Crippen LogP contribution in [-0.2, 0) is 11.3 Å². The minimum atomic E-state index is -0.679. The fourth-order valence-corrected chi connectivity index (χ4v) is 2.53. The number of hydrogen-bond donors (Lipinski definition) is 0. The highest BCUT2D eigenvalue weighted by atomic mass is 19.1. The highest BCUT2D eigenvalue weighted by Gasteiger charge is 2.15. The van der Waals surface area contributed by atoms with Gasteiger partial charge < -0.3 is 14.0 Å². The Hall–Kier alpha value is -3.48. The maximum Gasteiger partial charge on any atom is 0.338 e. The van der Waals surface area contributed by atoms with Crippen LogP contribution in [0.15, 0.2) is 53.1 Å². The summed E-state index contributed by atoms with van der Waals surface area (Å²) < 4.78 is 29.3. The lowest BCUT2D eigenvalue weighted by Gasteiger charge is -2.08. The Kier molecular flexibility index (Phi) is 5.84. The summed E-state index contributed by atoms with van der Waals surface area (Å²) in [5, 5.41) is 3.86. The van der Waals surface area contributed by atoms with E-state index in [1.165, 1.54) is 30.3 Å². The van der Waals surface area contributed by atoms with Crippen LogP contribution in [0, 0.1) is 19.7 Å². The van der Waals surface area contributed by atoms with Gasteiger partial charge in [-0.1, -0.05) is 17.3 Å². The molecular weight excluding hydrogens is 365 g/mol. The predicted molar refractivity (Wildman–Crippen MR) is 97.8 cm³/mol. The van der Waals surface area contributed by atoms with Crippen molar-refractivity contribution in [3.63, 3.8) is 0 Å². The molecule has 144 valence electrons. The Morgan fingerprint density at radius 3 is 2.43 bits per heavy atom. The topological polar surface area (TPSA) is 78.6 Å². The molecule has 0 saturated carbocycles. The van der Waals surface area contributed by atoms with Gasteiger partial charge in [-0.05, 0) is 50.2 Å². The minimum absolute atomic E-state index is 0.113. The van der Waals surface area contributed by atoms with E-state index in [1.54, 1.807) is 25.1 Å². The van der Waals surface area contributed by atoms with Gasteiger partial charge in [0.1, 0.15) is 23.9 Å². The molecule has 28 heavy (non-hydrogen) atoms. The van der Waals surface area contributed by atoms with Crippen molar-refractivity contribution >= 4 is 11.8 Å². The molecule has 0 aliphatic carbocycles. The van der Waals surface area contributed by atoms with E-state index in [0.717, 1.165) is 11.3 Å². The number of aromatic nitrogens is 1. The highest BCUT2D eigenvalue weighted by Crippen LogP contribution is 2.18. The fourth-order valence-electron chi connectivity index (χ4n) is 2.53. The Bertz CT molecular complexity index is 975. The number of nitrogens with zero attached hydrogens (tertiary/aromatic N) is 1. The van der Waals surface area contributed by atoms with Crippen LogP contribution in [-0.4, -0.2) is 23.5 Å². The lowest BCUT2D eigenvalue weighted by atomic mass is 10.1. The van der Waals surface area contributed by atoms with E-state index in [9.17, 15) is 14.0 Å². The van der Waals surface area contributed by atoms with Gasteiger partial charge in [-0.3, -0.25) is 4.79 Å². The maximum absolute atomic E-state index is 13.6. The Morgan fingerprint density at radius 1 is 1.07 bits per heavy atom. The van der Waals surface area contributed by atoms with E-state index in [2.05, 4.69) is 5.16 Å². The van der Waals surface area contributed by atoms with Crippen molar-refractivity contribution in [2.75, 3.05) is 6.61 Å². The summed E-state index contributed by atoms with van der Waals surface area (Å²) in [6, 6.07) is 11.8. The molecule has 0 amide bonds. The lowest BCUT2D eigenvalue weighted by Crippen LogP contribution is -2.15. The fraction of sp³-hybridized carbons (Fsp3) is 0.190. The van der Waals surface area contributed by atoms with Crippen LogP contribution in [0.25, 0.3) is 0 Å². The number of esters is 1. The monoisotopic (exact) mass is 383 g/mol. The molecule has 0 radical (unpaired) electrons. The van der Waals surface area contributed by atoms with Crippen molar-refractivity contribution in [1.82, 2.24) is 5.16 Å². The molecule has 0 unspecified atom stereocenters. The van der Waals surface area contributed by atoms with Crippen LogP contribution in [0.4, 0.5) is 4.39 Å². The van der Waals surface area contributed by atoms with Crippen LogP contribution >= 0.6 is 0 Å². The third kappa shape index (κ3) is 4.43. The molecule has 0 aliphatic rings. The zero-order valence-electron chi connectivity index (χ0n) is 15.4. The average molecular weight is 383 g/mol. The van der Waals surface area contributed by atoms with E-state index in [-0.39, 0.29) is 11.1 Å². The van der Waals surface area contributed by atoms with Crippen LogP contribution in [0.2, 0.25) is 0 Å². The van der Waals surface area contributed by atoms with Gasteiger partial charge in [0.05, 0.1) is 22.4 Å². The third-order valence-corrected chi connectivity index (χ3v) is 4.16. The number of carbonyl (C=O) groups excluding carboxylic acids is 2. The Morgan fingerprint density at radius 2 is 1.79 bits per heavy atom. The second kappa shape index (κ2) is 8.47. The van der Waals surface area contributed by atoms with Crippen molar-refractivity contribution in [3.05, 3.63) is 82.5 Å². The second-order valence-electron chi connectivity index (χ2n) is 6.09. The molecule has 0 spiro atoms. The molecule has 1 heterocycles. The Balaban J connectivity index is 1.55. The lowest BCUT2D eigenvalue weighted by molar-refractivity contribution is 0.0473. The van der Waals surface area contributed by atoms with Crippen molar-refractivity contribution in [2.45, 2.75) is 20.5 Å². The summed E-state index contributed by atoms with van der Waals surface area (Å²) in [5.41, 5.74) is 1.77. The van der Waals surface area contributed by atoms with E-state index >= 15 is 0 Å². The van der Waals surface area contributed by atoms with Crippen molar-refractivity contribution in [1.29, 1.82) is 0 Å². The van der Waals surface area contributed by atoms with Gasteiger partial charge in [0, 0.05) is 0 Å². The summed E-state index contributed by atoms with van der Waals surface area (Å²) >= 11 is 0. The van der Waals surface area contributed by atoms with Gasteiger partial charge in [0.25, 0.3) is 0 Å². The molecule has 3 rings (SSSR count). The number of carbonyl (C=O) groups is 2.